The average Bonchev–Trinajstić information content (AvgIpc) is 2.84. The van der Waals surface area contributed by atoms with Crippen LogP contribution in [0.5, 0.6) is 0 Å². The third-order valence-electron chi connectivity index (χ3n) is 5.52. The Bertz CT molecular complexity index is 430. The Kier molecular flexibility index (Phi) is 24.0. The molecule has 0 radical (unpaired) electrons. The number of unbranched alkanes of at least 4 members (excludes halogenated alkanes) is 2. The molecule has 0 heterocycles. The predicted molar refractivity (Wildman–Crippen MR) is 132 cm³/mol. The Hall–Kier alpha value is -1.22. The summed E-state index contributed by atoms with van der Waals surface area (Å²) in [6.45, 7) is 12.4. The smallest absolute Gasteiger partial charge is 0.308 e. The molecule has 0 aliphatic heterocycles. The van der Waals surface area contributed by atoms with Crippen molar-refractivity contribution in [3.63, 3.8) is 0 Å². The van der Waals surface area contributed by atoms with Gasteiger partial charge in [-0.2, -0.15) is 0 Å². The number of ether oxygens (including phenoxy) is 6. The van der Waals surface area contributed by atoms with Gasteiger partial charge < -0.3 is 28.4 Å². The first kappa shape index (κ1) is 32.8. The predicted octanol–water partition coefficient (Wildman–Crippen LogP) is 4.57. The lowest BCUT2D eigenvalue weighted by molar-refractivity contribution is -0.151. The first-order chi connectivity index (χ1) is 16.6. The molecule has 0 fully saturated rings. The summed E-state index contributed by atoms with van der Waals surface area (Å²) < 4.78 is 32.3. The molecule has 0 aromatic carbocycles. The topological polar surface area (TPSA) is 89.5 Å². The second kappa shape index (κ2) is 24.9. The summed E-state index contributed by atoms with van der Waals surface area (Å²) in [6, 6.07) is 0. The molecule has 2 atom stereocenters. The summed E-state index contributed by atoms with van der Waals surface area (Å²) in [6.07, 6.45) is 7.69. The highest BCUT2D eigenvalue weighted by Gasteiger charge is 2.17. The van der Waals surface area contributed by atoms with Crippen LogP contribution in [0.25, 0.3) is 0 Å². The summed E-state index contributed by atoms with van der Waals surface area (Å²) in [5.74, 6) is -0.240. The van der Waals surface area contributed by atoms with Crippen LogP contribution in [0.1, 0.15) is 79.1 Å². The minimum absolute atomic E-state index is 0.0000857. The fraction of sp³-hybridized carbons (Fsp3) is 0.923. The minimum atomic E-state index is -0.120. The van der Waals surface area contributed by atoms with Crippen LogP contribution in [0, 0.1) is 11.8 Å². The van der Waals surface area contributed by atoms with Gasteiger partial charge in [-0.05, 0) is 25.7 Å². The molecule has 8 heteroatoms. The molecule has 0 saturated heterocycles. The number of carbonyl (C=O) groups is 2. The van der Waals surface area contributed by atoms with Gasteiger partial charge >= 0.3 is 11.9 Å². The van der Waals surface area contributed by atoms with E-state index >= 15 is 0 Å². The Morgan fingerprint density at radius 2 is 0.794 bits per heavy atom. The van der Waals surface area contributed by atoms with Gasteiger partial charge in [0.1, 0.15) is 13.2 Å². The van der Waals surface area contributed by atoms with Crippen molar-refractivity contribution in [3.05, 3.63) is 0 Å². The number of hydrogen-bond donors (Lipinski definition) is 0. The van der Waals surface area contributed by atoms with Crippen molar-refractivity contribution in [1.29, 1.82) is 0 Å². The number of esters is 2. The first-order valence-corrected chi connectivity index (χ1v) is 13.2. The van der Waals surface area contributed by atoms with Crippen molar-refractivity contribution in [2.24, 2.45) is 11.8 Å². The maximum atomic E-state index is 12.0. The van der Waals surface area contributed by atoms with Crippen LogP contribution in [-0.2, 0) is 38.0 Å². The fourth-order valence-corrected chi connectivity index (χ4v) is 3.28. The van der Waals surface area contributed by atoms with Crippen molar-refractivity contribution in [2.45, 2.75) is 79.1 Å². The van der Waals surface area contributed by atoms with E-state index in [1.807, 2.05) is 13.8 Å². The molecule has 34 heavy (non-hydrogen) atoms. The standard InChI is InChI=1S/C26H50O8/c1-5-9-11-23(7-3)25(27)33-21-19-31-17-15-29-13-14-30-16-18-32-20-22-34-26(28)24(8-4)12-10-6-2/h23-24H,5-22H2,1-4H3. The number of rotatable bonds is 25. The van der Waals surface area contributed by atoms with E-state index < -0.39 is 0 Å². The van der Waals surface area contributed by atoms with Gasteiger partial charge in [-0.15, -0.1) is 0 Å². The van der Waals surface area contributed by atoms with Gasteiger partial charge in [-0.1, -0.05) is 53.4 Å². The van der Waals surface area contributed by atoms with Gasteiger partial charge in [-0.3, -0.25) is 9.59 Å². The monoisotopic (exact) mass is 490 g/mol. The van der Waals surface area contributed by atoms with Gasteiger partial charge in [0.25, 0.3) is 0 Å². The maximum absolute atomic E-state index is 12.0. The fourth-order valence-electron chi connectivity index (χ4n) is 3.28. The number of carbonyl (C=O) groups excluding carboxylic acids is 2. The Morgan fingerprint density at radius 1 is 0.500 bits per heavy atom. The maximum Gasteiger partial charge on any atom is 0.308 e. The molecule has 0 N–H and O–H groups in total. The molecular weight excluding hydrogens is 440 g/mol. The minimum Gasteiger partial charge on any atom is -0.463 e. The average molecular weight is 491 g/mol. The van der Waals surface area contributed by atoms with E-state index in [0.717, 1.165) is 51.4 Å². The highest BCUT2D eigenvalue weighted by molar-refractivity contribution is 5.72. The molecular formula is C26H50O8. The Morgan fingerprint density at radius 3 is 1.06 bits per heavy atom. The summed E-state index contributed by atoms with van der Waals surface area (Å²) in [5.41, 5.74) is 0. The lowest BCUT2D eigenvalue weighted by Gasteiger charge is -2.14. The van der Waals surface area contributed by atoms with E-state index in [9.17, 15) is 9.59 Å². The molecule has 0 aliphatic rings. The van der Waals surface area contributed by atoms with E-state index in [2.05, 4.69) is 13.8 Å². The molecule has 0 rings (SSSR count). The quantitative estimate of drug-likeness (QED) is 0.136. The molecule has 0 aromatic rings. The van der Waals surface area contributed by atoms with E-state index in [1.54, 1.807) is 0 Å². The highest BCUT2D eigenvalue weighted by Crippen LogP contribution is 2.15. The molecule has 0 amide bonds. The zero-order valence-electron chi connectivity index (χ0n) is 22.1. The van der Waals surface area contributed by atoms with Crippen molar-refractivity contribution < 1.29 is 38.0 Å². The molecule has 2 unspecified atom stereocenters. The van der Waals surface area contributed by atoms with Crippen LogP contribution in [0.15, 0.2) is 0 Å². The molecule has 0 bridgehead atoms. The first-order valence-electron chi connectivity index (χ1n) is 13.2. The normalized spacial score (nSPS) is 12.9. The largest absolute Gasteiger partial charge is 0.463 e. The van der Waals surface area contributed by atoms with Gasteiger partial charge in [0.15, 0.2) is 0 Å². The van der Waals surface area contributed by atoms with Crippen molar-refractivity contribution in [2.75, 3.05) is 66.1 Å². The number of hydrogen-bond acceptors (Lipinski definition) is 8. The zero-order chi connectivity index (χ0) is 25.3. The Labute approximate surface area is 207 Å². The summed E-state index contributed by atoms with van der Waals surface area (Å²) in [7, 11) is 0. The van der Waals surface area contributed by atoms with Gasteiger partial charge in [-0.25, -0.2) is 0 Å². The van der Waals surface area contributed by atoms with Crippen molar-refractivity contribution in [1.82, 2.24) is 0 Å². The Balaban J connectivity index is 3.39. The lowest BCUT2D eigenvalue weighted by Crippen LogP contribution is -2.20. The molecule has 8 nitrogen and oxygen atoms in total. The molecule has 0 spiro atoms. The summed E-state index contributed by atoms with van der Waals surface area (Å²) in [4.78, 5) is 23.9. The zero-order valence-corrected chi connectivity index (χ0v) is 22.1. The second-order valence-corrected chi connectivity index (χ2v) is 8.28. The second-order valence-electron chi connectivity index (χ2n) is 8.28. The van der Waals surface area contributed by atoms with Gasteiger partial charge in [0, 0.05) is 0 Å². The van der Waals surface area contributed by atoms with Gasteiger partial charge in [0.05, 0.1) is 64.7 Å². The lowest BCUT2D eigenvalue weighted by atomic mass is 10.00. The van der Waals surface area contributed by atoms with Crippen molar-refractivity contribution >= 4 is 11.9 Å². The van der Waals surface area contributed by atoms with Gasteiger partial charge in [0.2, 0.25) is 0 Å². The van der Waals surface area contributed by atoms with E-state index in [0.29, 0.717) is 52.9 Å². The van der Waals surface area contributed by atoms with E-state index in [-0.39, 0.29) is 37.0 Å². The molecule has 202 valence electrons. The molecule has 0 aliphatic carbocycles. The summed E-state index contributed by atoms with van der Waals surface area (Å²) in [5, 5.41) is 0. The third kappa shape index (κ3) is 19.1. The van der Waals surface area contributed by atoms with E-state index in [1.165, 1.54) is 0 Å². The molecule has 0 saturated carbocycles. The van der Waals surface area contributed by atoms with Crippen LogP contribution in [0.3, 0.4) is 0 Å². The van der Waals surface area contributed by atoms with Crippen LogP contribution < -0.4 is 0 Å². The third-order valence-corrected chi connectivity index (χ3v) is 5.52. The molecule has 0 aromatic heterocycles. The SMILES string of the molecule is CCCCC(CC)C(=O)OCCOCCOCCOCCOCCOC(=O)C(CC)CCCC. The van der Waals surface area contributed by atoms with E-state index in [4.69, 9.17) is 28.4 Å². The summed E-state index contributed by atoms with van der Waals surface area (Å²) >= 11 is 0. The highest BCUT2D eigenvalue weighted by atomic mass is 16.6. The van der Waals surface area contributed by atoms with Crippen LogP contribution in [-0.4, -0.2) is 78.0 Å². The van der Waals surface area contributed by atoms with Crippen molar-refractivity contribution in [3.8, 4) is 0 Å². The van der Waals surface area contributed by atoms with Crippen LogP contribution in [0.2, 0.25) is 0 Å². The van der Waals surface area contributed by atoms with Crippen LogP contribution >= 0.6 is 0 Å². The van der Waals surface area contributed by atoms with Crippen LogP contribution in [0.4, 0.5) is 0 Å².